The minimum atomic E-state index is -4.47. The third kappa shape index (κ3) is 5.08. The van der Waals surface area contributed by atoms with E-state index < -0.39 is 40.3 Å². The van der Waals surface area contributed by atoms with Gasteiger partial charge < -0.3 is 10.2 Å². The molecule has 2 amide bonds. The van der Waals surface area contributed by atoms with Crippen molar-refractivity contribution in [2.75, 3.05) is 31.1 Å². The second kappa shape index (κ2) is 6.66. The Balaban J connectivity index is 1.90. The van der Waals surface area contributed by atoms with Crippen LogP contribution >= 0.6 is 0 Å². The van der Waals surface area contributed by atoms with Crippen molar-refractivity contribution < 1.29 is 31.2 Å². The molecule has 0 bridgehead atoms. The van der Waals surface area contributed by atoms with Crippen molar-refractivity contribution in [2.45, 2.75) is 25.4 Å². The minimum absolute atomic E-state index is 0.0211. The van der Waals surface area contributed by atoms with Crippen LogP contribution in [-0.4, -0.2) is 62.4 Å². The molecule has 0 saturated carbocycles. The van der Waals surface area contributed by atoms with Gasteiger partial charge in [-0.3, -0.25) is 9.59 Å². The van der Waals surface area contributed by atoms with Crippen LogP contribution < -0.4 is 5.32 Å². The van der Waals surface area contributed by atoms with E-state index in [0.717, 1.165) is 0 Å². The minimum Gasteiger partial charge on any atom is -0.347 e. The molecular weight excluding hydrogens is 337 g/mol. The number of likely N-dealkylation sites (tertiary alicyclic amines) is 1. The normalized spacial score (nSPS) is 27.7. The maximum atomic E-state index is 12.3. The van der Waals surface area contributed by atoms with E-state index >= 15 is 0 Å². The van der Waals surface area contributed by atoms with Crippen LogP contribution in [0.1, 0.15) is 19.3 Å². The van der Waals surface area contributed by atoms with Gasteiger partial charge in [0.2, 0.25) is 11.8 Å². The van der Waals surface area contributed by atoms with Crippen LogP contribution in [0.15, 0.2) is 0 Å². The van der Waals surface area contributed by atoms with Gasteiger partial charge in [-0.15, -0.1) is 0 Å². The van der Waals surface area contributed by atoms with Gasteiger partial charge in [-0.05, 0) is 19.3 Å². The van der Waals surface area contributed by atoms with Crippen molar-refractivity contribution in [2.24, 2.45) is 11.8 Å². The molecule has 0 spiro atoms. The fraction of sp³-hybridized carbons (Fsp3) is 0.846. The van der Waals surface area contributed by atoms with Crippen LogP contribution in [0.3, 0.4) is 0 Å². The monoisotopic (exact) mass is 356 g/mol. The Bertz CT molecular complexity index is 576. The van der Waals surface area contributed by atoms with Crippen molar-refractivity contribution >= 4 is 21.7 Å². The maximum absolute atomic E-state index is 12.3. The highest BCUT2D eigenvalue weighted by atomic mass is 32.2. The SMILES string of the molecule is O=C(NCC(F)(F)F)[C@H]1CCCN(C(=O)[C@H]2CCS(=O)(=O)C2)C1. The Labute approximate surface area is 132 Å². The van der Waals surface area contributed by atoms with E-state index in [1.54, 1.807) is 0 Å². The first-order chi connectivity index (χ1) is 10.6. The summed E-state index contributed by atoms with van der Waals surface area (Å²) in [5.41, 5.74) is 0. The van der Waals surface area contributed by atoms with Gasteiger partial charge in [-0.25, -0.2) is 8.42 Å². The Morgan fingerprint density at radius 3 is 2.43 bits per heavy atom. The number of hydrogen-bond acceptors (Lipinski definition) is 4. The van der Waals surface area contributed by atoms with Gasteiger partial charge in [0.1, 0.15) is 6.54 Å². The zero-order chi connectivity index (χ0) is 17.3. The Kier molecular flexibility index (Phi) is 5.22. The Morgan fingerprint density at radius 2 is 1.87 bits per heavy atom. The van der Waals surface area contributed by atoms with Gasteiger partial charge in [0.05, 0.1) is 23.3 Å². The van der Waals surface area contributed by atoms with E-state index in [4.69, 9.17) is 0 Å². The fourth-order valence-corrected chi connectivity index (χ4v) is 4.70. The molecule has 0 aromatic rings. The number of nitrogens with one attached hydrogen (secondary N) is 1. The van der Waals surface area contributed by atoms with E-state index in [1.165, 1.54) is 4.90 Å². The molecule has 10 heteroatoms. The van der Waals surface area contributed by atoms with Crippen LogP contribution in [0.4, 0.5) is 13.2 Å². The molecule has 2 aliphatic heterocycles. The summed E-state index contributed by atoms with van der Waals surface area (Å²) < 4.78 is 59.3. The van der Waals surface area contributed by atoms with Gasteiger partial charge in [0.25, 0.3) is 0 Å². The summed E-state index contributed by atoms with van der Waals surface area (Å²) in [5.74, 6) is -2.54. The first-order valence-corrected chi connectivity index (χ1v) is 9.23. The molecule has 0 unspecified atom stereocenters. The van der Waals surface area contributed by atoms with Crippen LogP contribution in [0, 0.1) is 11.8 Å². The highest BCUT2D eigenvalue weighted by molar-refractivity contribution is 7.91. The molecule has 2 atom stereocenters. The number of carbonyl (C=O) groups excluding carboxylic acids is 2. The van der Waals surface area contributed by atoms with Crippen LogP contribution in [-0.2, 0) is 19.4 Å². The molecule has 0 aliphatic carbocycles. The number of amides is 2. The maximum Gasteiger partial charge on any atom is 0.405 e. The van der Waals surface area contributed by atoms with Gasteiger partial charge in [0.15, 0.2) is 9.84 Å². The Morgan fingerprint density at radius 1 is 1.17 bits per heavy atom. The first-order valence-electron chi connectivity index (χ1n) is 7.41. The number of rotatable bonds is 3. The Hall–Kier alpha value is -1.32. The molecule has 132 valence electrons. The van der Waals surface area contributed by atoms with Crippen molar-refractivity contribution in [3.05, 3.63) is 0 Å². The number of halogens is 3. The number of piperidine rings is 1. The summed E-state index contributed by atoms with van der Waals surface area (Å²) in [6, 6.07) is 0. The van der Waals surface area contributed by atoms with E-state index in [0.29, 0.717) is 19.4 Å². The molecule has 2 fully saturated rings. The third-order valence-corrected chi connectivity index (χ3v) is 5.92. The standard InChI is InChI=1S/C13H19F3N2O4S/c14-13(15,16)8-17-11(19)9-2-1-4-18(6-9)12(20)10-3-5-23(21,22)7-10/h9-10H,1-8H2,(H,17,19)/t9-,10-/m0/s1. The van der Waals surface area contributed by atoms with Gasteiger partial charge >= 0.3 is 6.18 Å². The van der Waals surface area contributed by atoms with Crippen molar-refractivity contribution in [3.63, 3.8) is 0 Å². The predicted molar refractivity (Wildman–Crippen MR) is 75.1 cm³/mol. The number of nitrogens with zero attached hydrogens (tertiary/aromatic N) is 1. The molecule has 0 radical (unpaired) electrons. The van der Waals surface area contributed by atoms with Crippen LogP contribution in [0.5, 0.6) is 0 Å². The number of alkyl halides is 3. The zero-order valence-corrected chi connectivity index (χ0v) is 13.3. The summed E-state index contributed by atoms with van der Waals surface area (Å²) in [6.07, 6.45) is -3.29. The topological polar surface area (TPSA) is 83.6 Å². The van der Waals surface area contributed by atoms with E-state index in [9.17, 15) is 31.2 Å². The molecule has 2 heterocycles. The van der Waals surface area contributed by atoms with Crippen LogP contribution in [0.25, 0.3) is 0 Å². The van der Waals surface area contributed by atoms with Crippen molar-refractivity contribution in [1.29, 1.82) is 0 Å². The molecule has 0 aromatic heterocycles. The third-order valence-electron chi connectivity index (χ3n) is 4.15. The molecule has 0 aromatic carbocycles. The molecular formula is C13H19F3N2O4S. The molecule has 2 rings (SSSR count). The zero-order valence-electron chi connectivity index (χ0n) is 12.4. The van der Waals surface area contributed by atoms with E-state index in [-0.39, 0.29) is 30.4 Å². The summed E-state index contributed by atoms with van der Waals surface area (Å²) in [6.45, 7) is -0.950. The molecule has 23 heavy (non-hydrogen) atoms. The highest BCUT2D eigenvalue weighted by Crippen LogP contribution is 2.24. The molecule has 2 aliphatic rings. The van der Waals surface area contributed by atoms with Crippen LogP contribution in [0.2, 0.25) is 0 Å². The van der Waals surface area contributed by atoms with E-state index in [1.807, 2.05) is 5.32 Å². The molecule has 2 saturated heterocycles. The average Bonchev–Trinajstić information content (AvgIpc) is 2.83. The van der Waals surface area contributed by atoms with Crippen molar-refractivity contribution in [1.82, 2.24) is 10.2 Å². The second-order valence-corrected chi connectivity index (χ2v) is 8.29. The smallest absolute Gasteiger partial charge is 0.347 e. The molecule has 6 nitrogen and oxygen atoms in total. The van der Waals surface area contributed by atoms with Crippen molar-refractivity contribution in [3.8, 4) is 0 Å². The lowest BCUT2D eigenvalue weighted by atomic mass is 9.95. The summed E-state index contributed by atoms with van der Waals surface area (Å²) in [4.78, 5) is 25.5. The number of sulfone groups is 1. The lowest BCUT2D eigenvalue weighted by molar-refractivity contribution is -0.144. The fourth-order valence-electron chi connectivity index (χ4n) is 2.97. The van der Waals surface area contributed by atoms with E-state index in [2.05, 4.69) is 0 Å². The van der Waals surface area contributed by atoms with Gasteiger partial charge in [-0.2, -0.15) is 13.2 Å². The van der Waals surface area contributed by atoms with Gasteiger partial charge in [-0.1, -0.05) is 0 Å². The lowest BCUT2D eigenvalue weighted by Gasteiger charge is -2.33. The predicted octanol–water partition coefficient (Wildman–Crippen LogP) is 0.338. The quantitative estimate of drug-likeness (QED) is 0.790. The largest absolute Gasteiger partial charge is 0.405 e. The number of hydrogen-bond donors (Lipinski definition) is 1. The second-order valence-electron chi connectivity index (χ2n) is 6.06. The number of carbonyl (C=O) groups is 2. The first kappa shape index (κ1) is 18.0. The summed E-state index contributed by atoms with van der Waals surface area (Å²) >= 11 is 0. The lowest BCUT2D eigenvalue weighted by Crippen LogP contribution is -2.48. The average molecular weight is 356 g/mol. The summed E-state index contributed by atoms with van der Waals surface area (Å²) in [7, 11) is -3.19. The molecule has 1 N–H and O–H groups in total. The van der Waals surface area contributed by atoms with Gasteiger partial charge in [0, 0.05) is 13.1 Å². The highest BCUT2D eigenvalue weighted by Gasteiger charge is 2.38. The summed E-state index contributed by atoms with van der Waals surface area (Å²) in [5, 5.41) is 1.84.